The van der Waals surface area contributed by atoms with Crippen molar-refractivity contribution in [1.82, 2.24) is 14.7 Å². The molecule has 0 N–H and O–H groups in total. The molecule has 4 rings (SSSR count). The number of carbonyl (C=O) groups is 1. The van der Waals surface area contributed by atoms with Crippen molar-refractivity contribution in [3.05, 3.63) is 0 Å². The lowest BCUT2D eigenvalue weighted by molar-refractivity contribution is -0.145. The first-order chi connectivity index (χ1) is 12.2. The van der Waals surface area contributed by atoms with Crippen LogP contribution in [0, 0.1) is 5.41 Å². The zero-order chi connectivity index (χ0) is 17.1. The highest BCUT2D eigenvalue weighted by Gasteiger charge is 2.41. The van der Waals surface area contributed by atoms with Gasteiger partial charge in [0.15, 0.2) is 0 Å². The molecule has 142 valence electrons. The van der Waals surface area contributed by atoms with E-state index in [0.717, 1.165) is 32.5 Å². The summed E-state index contributed by atoms with van der Waals surface area (Å²) in [4.78, 5) is 20.1. The molecule has 0 bridgehead atoms. The summed E-state index contributed by atoms with van der Waals surface area (Å²) in [7, 11) is 0. The van der Waals surface area contributed by atoms with Gasteiger partial charge in [-0.3, -0.25) is 4.79 Å². The summed E-state index contributed by atoms with van der Waals surface area (Å²) in [5.41, 5.74) is 0.386. The maximum atomic E-state index is 12.7. The van der Waals surface area contributed by atoms with E-state index < -0.39 is 0 Å². The second-order valence-corrected chi connectivity index (χ2v) is 8.76. The van der Waals surface area contributed by atoms with Crippen LogP contribution >= 0.6 is 0 Å². The molecule has 5 nitrogen and oxygen atoms in total. The zero-order valence-corrected chi connectivity index (χ0v) is 15.8. The maximum absolute atomic E-state index is 12.7. The molecule has 0 aromatic rings. The lowest BCUT2D eigenvalue weighted by Gasteiger charge is -2.48. The van der Waals surface area contributed by atoms with E-state index >= 15 is 0 Å². The van der Waals surface area contributed by atoms with E-state index in [0.29, 0.717) is 5.41 Å². The molecule has 1 amide bonds. The molecule has 1 spiro atoms. The molecule has 0 saturated carbocycles. The van der Waals surface area contributed by atoms with Gasteiger partial charge in [-0.25, -0.2) is 0 Å². The molecular formula is C20H35N3O2. The van der Waals surface area contributed by atoms with Gasteiger partial charge in [-0.15, -0.1) is 0 Å². The summed E-state index contributed by atoms with van der Waals surface area (Å²) in [6, 6.07) is 0. The van der Waals surface area contributed by atoms with Crippen LogP contribution in [0.4, 0.5) is 0 Å². The third-order valence-electron chi connectivity index (χ3n) is 7.03. The standard InChI is InChI=1S/C20H35N3O2/c24-19(18-5-3-16-25-18)23-11-4-6-20(17-23)7-12-22(13-8-20)15-14-21-9-1-2-10-21/h18H,1-17H2. The fraction of sp³-hybridized carbons (Fsp3) is 0.950. The lowest BCUT2D eigenvalue weighted by Crippen LogP contribution is -2.53. The van der Waals surface area contributed by atoms with E-state index in [-0.39, 0.29) is 12.0 Å². The predicted octanol–water partition coefficient (Wildman–Crippen LogP) is 1.97. The molecule has 5 heteroatoms. The van der Waals surface area contributed by atoms with Crippen molar-refractivity contribution >= 4 is 5.91 Å². The first-order valence-corrected chi connectivity index (χ1v) is 10.6. The van der Waals surface area contributed by atoms with Crippen molar-refractivity contribution in [3.63, 3.8) is 0 Å². The van der Waals surface area contributed by atoms with Gasteiger partial charge in [0.1, 0.15) is 6.10 Å². The normalized spacial score (nSPS) is 31.0. The van der Waals surface area contributed by atoms with Crippen LogP contribution in [0.5, 0.6) is 0 Å². The average Bonchev–Trinajstić information content (AvgIpc) is 3.35. The van der Waals surface area contributed by atoms with Gasteiger partial charge in [0.05, 0.1) is 0 Å². The quantitative estimate of drug-likeness (QED) is 0.777. The molecule has 25 heavy (non-hydrogen) atoms. The topological polar surface area (TPSA) is 36.0 Å². The van der Waals surface area contributed by atoms with Crippen molar-refractivity contribution < 1.29 is 9.53 Å². The smallest absolute Gasteiger partial charge is 0.251 e. The van der Waals surface area contributed by atoms with Crippen molar-refractivity contribution in [2.75, 3.05) is 59.0 Å². The van der Waals surface area contributed by atoms with Crippen LogP contribution in [0.2, 0.25) is 0 Å². The van der Waals surface area contributed by atoms with Crippen LogP contribution in [0.3, 0.4) is 0 Å². The highest BCUT2D eigenvalue weighted by atomic mass is 16.5. The minimum atomic E-state index is -0.143. The number of ether oxygens (including phenoxy) is 1. The first kappa shape index (κ1) is 17.7. The molecule has 4 fully saturated rings. The first-order valence-electron chi connectivity index (χ1n) is 10.6. The molecule has 0 aromatic heterocycles. The van der Waals surface area contributed by atoms with Gasteiger partial charge in [-0.05, 0) is 83.0 Å². The van der Waals surface area contributed by atoms with Gasteiger partial charge >= 0.3 is 0 Å². The van der Waals surface area contributed by atoms with Crippen LogP contribution in [0.15, 0.2) is 0 Å². The number of carbonyl (C=O) groups excluding carboxylic acids is 1. The predicted molar refractivity (Wildman–Crippen MR) is 98.6 cm³/mol. The Bertz CT molecular complexity index is 450. The number of hydrogen-bond acceptors (Lipinski definition) is 4. The summed E-state index contributed by atoms with van der Waals surface area (Å²) in [5, 5.41) is 0. The molecule has 4 aliphatic rings. The molecule has 4 saturated heterocycles. The molecule has 4 aliphatic heterocycles. The summed E-state index contributed by atoms with van der Waals surface area (Å²) >= 11 is 0. The second-order valence-electron chi connectivity index (χ2n) is 8.76. The third-order valence-corrected chi connectivity index (χ3v) is 7.03. The second kappa shape index (κ2) is 7.93. The summed E-state index contributed by atoms with van der Waals surface area (Å²) < 4.78 is 5.64. The van der Waals surface area contributed by atoms with Crippen LogP contribution in [0.1, 0.15) is 51.4 Å². The zero-order valence-electron chi connectivity index (χ0n) is 15.8. The van der Waals surface area contributed by atoms with Crippen molar-refractivity contribution in [2.45, 2.75) is 57.5 Å². The van der Waals surface area contributed by atoms with Crippen molar-refractivity contribution in [3.8, 4) is 0 Å². The average molecular weight is 350 g/mol. The fourth-order valence-corrected chi connectivity index (χ4v) is 5.32. The number of likely N-dealkylation sites (tertiary alicyclic amines) is 3. The Morgan fingerprint density at radius 1 is 0.880 bits per heavy atom. The van der Waals surface area contributed by atoms with E-state index in [9.17, 15) is 4.79 Å². The van der Waals surface area contributed by atoms with E-state index in [4.69, 9.17) is 4.74 Å². The third kappa shape index (κ3) is 4.20. The van der Waals surface area contributed by atoms with E-state index in [2.05, 4.69) is 14.7 Å². The largest absolute Gasteiger partial charge is 0.368 e. The van der Waals surface area contributed by atoms with Crippen LogP contribution < -0.4 is 0 Å². The van der Waals surface area contributed by atoms with Gasteiger partial charge in [0.2, 0.25) is 0 Å². The Balaban J connectivity index is 1.25. The van der Waals surface area contributed by atoms with E-state index in [1.165, 1.54) is 77.8 Å². The number of hydrogen-bond donors (Lipinski definition) is 0. The Labute approximate surface area is 152 Å². The summed E-state index contributed by atoms with van der Waals surface area (Å²) in [6.07, 6.45) is 9.61. The molecule has 0 radical (unpaired) electrons. The number of piperidine rings is 2. The van der Waals surface area contributed by atoms with E-state index in [1.54, 1.807) is 0 Å². The summed E-state index contributed by atoms with van der Waals surface area (Å²) in [5.74, 6) is 0.271. The Morgan fingerprint density at radius 3 is 2.28 bits per heavy atom. The van der Waals surface area contributed by atoms with Crippen LogP contribution in [-0.4, -0.2) is 85.7 Å². The van der Waals surface area contributed by atoms with Gasteiger partial charge in [-0.2, -0.15) is 0 Å². The Kier molecular flexibility index (Phi) is 5.63. The van der Waals surface area contributed by atoms with Gasteiger partial charge < -0.3 is 19.4 Å². The molecule has 1 unspecified atom stereocenters. The molecule has 4 heterocycles. The Morgan fingerprint density at radius 2 is 1.60 bits per heavy atom. The monoisotopic (exact) mass is 349 g/mol. The minimum absolute atomic E-state index is 0.143. The molecule has 1 atom stereocenters. The van der Waals surface area contributed by atoms with Gasteiger partial charge in [0.25, 0.3) is 5.91 Å². The Hall–Kier alpha value is -0.650. The van der Waals surface area contributed by atoms with E-state index in [1.807, 2.05) is 0 Å². The molecular weight excluding hydrogens is 314 g/mol. The molecule has 0 aliphatic carbocycles. The molecule has 0 aromatic carbocycles. The van der Waals surface area contributed by atoms with Crippen molar-refractivity contribution in [2.24, 2.45) is 5.41 Å². The highest BCUT2D eigenvalue weighted by Crippen LogP contribution is 2.40. The van der Waals surface area contributed by atoms with Crippen molar-refractivity contribution in [1.29, 1.82) is 0 Å². The number of amides is 1. The highest BCUT2D eigenvalue weighted by molar-refractivity contribution is 5.81. The maximum Gasteiger partial charge on any atom is 0.251 e. The fourth-order valence-electron chi connectivity index (χ4n) is 5.32. The van der Waals surface area contributed by atoms with Gasteiger partial charge in [-0.1, -0.05) is 0 Å². The summed E-state index contributed by atoms with van der Waals surface area (Å²) in [6.45, 7) is 10.2. The van der Waals surface area contributed by atoms with Gasteiger partial charge in [0, 0.05) is 32.8 Å². The lowest BCUT2D eigenvalue weighted by atomic mass is 9.72. The van der Waals surface area contributed by atoms with Crippen LogP contribution in [-0.2, 0) is 9.53 Å². The SMILES string of the molecule is O=C(C1CCCO1)N1CCCC2(CCN(CCN3CCCC3)CC2)C1. The number of nitrogens with zero attached hydrogens (tertiary/aromatic N) is 3. The van der Waals surface area contributed by atoms with Crippen LogP contribution in [0.25, 0.3) is 0 Å². The minimum Gasteiger partial charge on any atom is -0.368 e. The number of rotatable bonds is 4.